The van der Waals surface area contributed by atoms with E-state index in [9.17, 15) is 33.6 Å². The van der Waals surface area contributed by atoms with E-state index in [1.54, 1.807) is 54.6 Å². The maximum absolute atomic E-state index is 14.6. The van der Waals surface area contributed by atoms with Crippen LogP contribution in [0.1, 0.15) is 61.9 Å². The van der Waals surface area contributed by atoms with Crippen molar-refractivity contribution in [3.8, 4) is 0 Å². The summed E-state index contributed by atoms with van der Waals surface area (Å²) < 4.78 is 67.1. The average molecular weight is 936 g/mol. The minimum Gasteiger partial charge on any atom is -0.465 e. The van der Waals surface area contributed by atoms with E-state index in [2.05, 4.69) is 0 Å². The molecule has 0 bridgehead atoms. The number of hydrogen-bond donors (Lipinski definition) is 0. The first-order valence-corrected chi connectivity index (χ1v) is 21.8. The SMILES string of the molecule is COC(=O)[C@@]1(O[C@H]2[C@H]3OC(c4ccccc4)OC[C@H]3O[C@@H](Sc3ccc(C)cc3)[C@@H]2OC(=O)c2ccccc2)C[C@@H]2OC(=O)N(C(C)=O)[C@H]2[C@H]([C@H](OC(C)=O)[C@@H](COC(C)=O)OC(C)=O)O1. The van der Waals surface area contributed by atoms with Gasteiger partial charge in [-0.15, -0.1) is 0 Å². The van der Waals surface area contributed by atoms with Crippen LogP contribution in [0.25, 0.3) is 0 Å². The van der Waals surface area contributed by atoms with Crippen LogP contribution >= 0.6 is 11.8 Å². The largest absolute Gasteiger partial charge is 0.465 e. The van der Waals surface area contributed by atoms with Gasteiger partial charge in [-0.3, -0.25) is 19.2 Å². The molecule has 2 amide bonds. The monoisotopic (exact) mass is 935 g/mol. The first-order valence-electron chi connectivity index (χ1n) is 21.0. The van der Waals surface area contributed by atoms with Gasteiger partial charge < -0.3 is 52.1 Å². The molecule has 352 valence electrons. The Morgan fingerprint density at radius 3 is 2.11 bits per heavy atom. The zero-order valence-electron chi connectivity index (χ0n) is 36.8. The Balaban J connectivity index is 1.39. The van der Waals surface area contributed by atoms with E-state index in [0.717, 1.165) is 40.4 Å². The normalized spacial score (nSPS) is 28.8. The smallest absolute Gasteiger partial charge is 0.417 e. The lowest BCUT2D eigenvalue weighted by Crippen LogP contribution is -2.70. The third-order valence-electron chi connectivity index (χ3n) is 11.1. The molecule has 4 fully saturated rings. The molecule has 3 aromatic carbocycles. The number of rotatable bonds is 14. The van der Waals surface area contributed by atoms with Gasteiger partial charge in [0.1, 0.15) is 48.6 Å². The van der Waals surface area contributed by atoms with Crippen LogP contribution in [0.5, 0.6) is 0 Å². The van der Waals surface area contributed by atoms with Gasteiger partial charge in [0.25, 0.3) is 5.79 Å². The van der Waals surface area contributed by atoms with E-state index >= 15 is 0 Å². The molecule has 4 aliphatic rings. The van der Waals surface area contributed by atoms with Crippen molar-refractivity contribution in [3.63, 3.8) is 0 Å². The van der Waals surface area contributed by atoms with Crippen molar-refractivity contribution in [3.05, 3.63) is 102 Å². The van der Waals surface area contributed by atoms with E-state index in [1.165, 1.54) is 11.8 Å². The van der Waals surface area contributed by atoms with Gasteiger partial charge in [-0.2, -0.15) is 0 Å². The Morgan fingerprint density at radius 2 is 1.48 bits per heavy atom. The zero-order chi connectivity index (χ0) is 47.3. The summed E-state index contributed by atoms with van der Waals surface area (Å²) in [5.74, 6) is -8.20. The highest BCUT2D eigenvalue weighted by Gasteiger charge is 2.66. The van der Waals surface area contributed by atoms with Gasteiger partial charge in [-0.1, -0.05) is 78.0 Å². The number of carbonyl (C=O) groups excluding carboxylic acids is 7. The van der Waals surface area contributed by atoms with Crippen molar-refractivity contribution < 1.29 is 85.7 Å². The van der Waals surface area contributed by atoms with Gasteiger partial charge in [-0.25, -0.2) is 19.3 Å². The molecular weight excluding hydrogens is 887 g/mol. The number of hydrogen-bond acceptors (Lipinski definition) is 19. The summed E-state index contributed by atoms with van der Waals surface area (Å²) in [5.41, 5.74) is 0.673. The van der Waals surface area contributed by atoms with E-state index in [4.69, 9.17) is 52.1 Å². The number of fused-ring (bicyclic) bond motifs is 2. The second kappa shape index (κ2) is 20.7. The van der Waals surface area contributed by atoms with E-state index < -0.39 is 127 Å². The van der Waals surface area contributed by atoms with Crippen molar-refractivity contribution >= 4 is 53.6 Å². The number of imide groups is 1. The molecule has 20 heteroatoms. The van der Waals surface area contributed by atoms with Crippen molar-refractivity contribution in [2.45, 2.75) is 118 Å². The van der Waals surface area contributed by atoms with Crippen LogP contribution in [0.15, 0.2) is 89.8 Å². The Hall–Kier alpha value is -5.90. The molecule has 66 heavy (non-hydrogen) atoms. The predicted molar refractivity (Wildman–Crippen MR) is 225 cm³/mol. The number of thioether (sulfide) groups is 1. The lowest BCUT2D eigenvalue weighted by molar-refractivity contribution is -0.374. The van der Waals surface area contributed by atoms with Crippen LogP contribution in [0, 0.1) is 6.92 Å². The van der Waals surface area contributed by atoms with Gasteiger partial charge >= 0.3 is 35.9 Å². The molecule has 0 saturated carbocycles. The maximum atomic E-state index is 14.6. The third kappa shape index (κ3) is 10.7. The highest BCUT2D eigenvalue weighted by molar-refractivity contribution is 7.99. The summed E-state index contributed by atoms with van der Waals surface area (Å²) in [6.45, 7) is 5.37. The zero-order valence-corrected chi connectivity index (χ0v) is 37.6. The number of benzene rings is 3. The molecular formula is C46H49NO18S. The topological polar surface area (TPSA) is 224 Å². The molecule has 4 aliphatic heterocycles. The van der Waals surface area contributed by atoms with E-state index in [-0.39, 0.29) is 12.2 Å². The van der Waals surface area contributed by atoms with Crippen LogP contribution in [0.4, 0.5) is 4.79 Å². The van der Waals surface area contributed by atoms with Crippen LogP contribution in [0.3, 0.4) is 0 Å². The number of aryl methyl sites for hydroxylation is 1. The number of esters is 5. The summed E-state index contributed by atoms with van der Waals surface area (Å²) in [6.07, 6.45) is -14.7. The highest BCUT2D eigenvalue weighted by Crippen LogP contribution is 2.47. The summed E-state index contributed by atoms with van der Waals surface area (Å²) in [6, 6.07) is 23.1. The van der Waals surface area contributed by atoms with Crippen LogP contribution in [-0.4, -0.2) is 133 Å². The van der Waals surface area contributed by atoms with Crippen LogP contribution in [-0.2, 0) is 76.1 Å². The van der Waals surface area contributed by atoms with Gasteiger partial charge in [-0.05, 0) is 31.2 Å². The summed E-state index contributed by atoms with van der Waals surface area (Å²) >= 11 is 1.19. The van der Waals surface area contributed by atoms with E-state index in [1.807, 2.05) is 37.3 Å². The Kier molecular flexibility index (Phi) is 15.1. The number of methoxy groups -OCH3 is 1. The average Bonchev–Trinajstić information content (AvgIpc) is 3.63. The fourth-order valence-corrected chi connectivity index (χ4v) is 9.35. The van der Waals surface area contributed by atoms with Gasteiger partial charge in [0.2, 0.25) is 5.91 Å². The molecule has 4 heterocycles. The van der Waals surface area contributed by atoms with Crippen LogP contribution in [0.2, 0.25) is 0 Å². The Bertz CT molecular complexity index is 2260. The Morgan fingerprint density at radius 1 is 0.818 bits per heavy atom. The minimum absolute atomic E-state index is 0.0757. The first-order chi connectivity index (χ1) is 31.6. The Labute approximate surface area is 383 Å². The lowest BCUT2D eigenvalue weighted by atomic mass is 9.87. The second-order valence-corrected chi connectivity index (χ2v) is 17.0. The number of carbonyl (C=O) groups is 7. The number of amides is 2. The molecule has 0 aliphatic carbocycles. The van der Waals surface area contributed by atoms with Gasteiger partial charge in [0, 0.05) is 38.2 Å². The molecule has 0 aromatic heterocycles. The molecule has 0 N–H and O–H groups in total. The molecule has 4 saturated heterocycles. The first kappa shape index (κ1) is 48.0. The van der Waals surface area contributed by atoms with Crippen molar-refractivity contribution in [1.29, 1.82) is 0 Å². The highest BCUT2D eigenvalue weighted by atomic mass is 32.2. The number of nitrogens with zero attached hydrogens (tertiary/aromatic N) is 1. The standard InChI is InChI=1S/C46H49NO18S/c1-24-17-19-31(20-18-24)66-43-40(62-41(52)29-13-9-7-10-14-29)39(37-34(60-43)23-57-42(63-37)30-15-11-8-12-16-30)65-46(44(53)55-6)21-32-35(47(25(2)48)45(54)61-32)38(64-46)36(59-28(5)51)33(58-27(4)50)22-56-26(3)49/h7-20,32-40,42-43H,21-23H2,1-6H3/t32-,33+,34+,35+,36+,37-,38+,39-,40+,42?,43-,46-/m0/s1. The molecule has 3 aromatic rings. The molecule has 0 spiro atoms. The van der Waals surface area contributed by atoms with E-state index in [0.29, 0.717) is 15.4 Å². The fourth-order valence-electron chi connectivity index (χ4n) is 8.25. The van der Waals surface area contributed by atoms with Gasteiger partial charge in [0.05, 0.1) is 25.7 Å². The van der Waals surface area contributed by atoms with Crippen molar-refractivity contribution in [1.82, 2.24) is 4.90 Å². The molecule has 1 unspecified atom stereocenters. The second-order valence-electron chi connectivity index (χ2n) is 15.8. The van der Waals surface area contributed by atoms with Crippen molar-refractivity contribution in [2.75, 3.05) is 20.3 Å². The summed E-state index contributed by atoms with van der Waals surface area (Å²) in [5, 5.41) is 0. The third-order valence-corrected chi connectivity index (χ3v) is 12.2. The summed E-state index contributed by atoms with van der Waals surface area (Å²) in [4.78, 5) is 94.6. The molecule has 19 nitrogen and oxygen atoms in total. The lowest BCUT2D eigenvalue weighted by Gasteiger charge is -2.52. The predicted octanol–water partition coefficient (Wildman–Crippen LogP) is 4.36. The molecule has 7 rings (SSSR count). The molecule has 12 atom stereocenters. The fraction of sp³-hybridized carbons (Fsp3) is 0.457. The number of ether oxygens (including phenoxy) is 11. The summed E-state index contributed by atoms with van der Waals surface area (Å²) in [7, 11) is 1.04. The molecule has 0 radical (unpaired) electrons. The minimum atomic E-state index is -2.69. The maximum Gasteiger partial charge on any atom is 0.417 e. The quantitative estimate of drug-likeness (QED) is 0.162. The van der Waals surface area contributed by atoms with Crippen molar-refractivity contribution in [2.24, 2.45) is 0 Å². The van der Waals surface area contributed by atoms with Crippen LogP contribution < -0.4 is 0 Å². The van der Waals surface area contributed by atoms with Gasteiger partial charge in [0.15, 0.2) is 24.6 Å².